The Hall–Kier alpha value is -3.41. The standard InChI is InChI=1S/C19H14N2O4/c22-18(16-9-12-4-1-2-7-15(12)19(23)25-16)21-14-6-3-5-13(8-14)17-10-20-11-24-17/h1-8,10-11,16H,9H2,(H,21,22)/t16-/m1/s1. The highest BCUT2D eigenvalue weighted by atomic mass is 16.5. The Morgan fingerprint density at radius 1 is 1.16 bits per heavy atom. The second kappa shape index (κ2) is 6.24. The van der Waals surface area contributed by atoms with Crippen LogP contribution in [0.1, 0.15) is 15.9 Å². The maximum absolute atomic E-state index is 12.5. The summed E-state index contributed by atoms with van der Waals surface area (Å²) >= 11 is 0. The van der Waals surface area contributed by atoms with Crippen molar-refractivity contribution in [3.8, 4) is 11.3 Å². The average Bonchev–Trinajstić information content (AvgIpc) is 3.17. The van der Waals surface area contributed by atoms with Gasteiger partial charge in [0.05, 0.1) is 11.8 Å². The molecule has 0 saturated carbocycles. The summed E-state index contributed by atoms with van der Waals surface area (Å²) < 4.78 is 10.5. The number of benzene rings is 2. The van der Waals surface area contributed by atoms with Crippen LogP contribution < -0.4 is 5.32 Å². The number of anilines is 1. The number of nitrogens with zero attached hydrogens (tertiary/aromatic N) is 1. The first-order valence-electron chi connectivity index (χ1n) is 7.79. The minimum absolute atomic E-state index is 0.357. The molecule has 1 N–H and O–H groups in total. The van der Waals surface area contributed by atoms with Crippen LogP contribution in [0.15, 0.2) is 65.5 Å². The summed E-state index contributed by atoms with van der Waals surface area (Å²) in [6.07, 6.45) is 2.45. The molecule has 6 nitrogen and oxygen atoms in total. The first-order chi connectivity index (χ1) is 12.2. The molecule has 2 aromatic carbocycles. The quantitative estimate of drug-likeness (QED) is 0.745. The molecule has 1 atom stereocenters. The van der Waals surface area contributed by atoms with Gasteiger partial charge in [0, 0.05) is 17.7 Å². The predicted molar refractivity (Wildman–Crippen MR) is 89.9 cm³/mol. The number of ether oxygens (including phenoxy) is 1. The fraction of sp³-hybridized carbons (Fsp3) is 0.105. The van der Waals surface area contributed by atoms with Gasteiger partial charge in [-0.2, -0.15) is 0 Å². The van der Waals surface area contributed by atoms with Gasteiger partial charge in [-0.1, -0.05) is 30.3 Å². The Morgan fingerprint density at radius 3 is 2.88 bits per heavy atom. The predicted octanol–water partition coefficient (Wildman–Crippen LogP) is 3.06. The molecule has 1 aliphatic rings. The largest absolute Gasteiger partial charge is 0.448 e. The highest BCUT2D eigenvalue weighted by molar-refractivity contribution is 6.00. The number of hydrogen-bond acceptors (Lipinski definition) is 5. The first kappa shape index (κ1) is 15.1. The third-order valence-electron chi connectivity index (χ3n) is 4.03. The van der Waals surface area contributed by atoms with E-state index in [2.05, 4.69) is 10.3 Å². The summed E-state index contributed by atoms with van der Waals surface area (Å²) in [5, 5.41) is 2.79. The maximum Gasteiger partial charge on any atom is 0.339 e. The highest BCUT2D eigenvalue weighted by Crippen LogP contribution is 2.24. The maximum atomic E-state index is 12.5. The molecule has 0 unspecified atom stereocenters. The number of carbonyl (C=O) groups is 2. The van der Waals surface area contributed by atoms with E-state index in [1.54, 1.807) is 36.5 Å². The average molecular weight is 334 g/mol. The lowest BCUT2D eigenvalue weighted by Gasteiger charge is -2.23. The summed E-state index contributed by atoms with van der Waals surface area (Å²) in [4.78, 5) is 28.4. The molecule has 0 bridgehead atoms. The molecular formula is C19H14N2O4. The molecule has 1 aromatic heterocycles. The van der Waals surface area contributed by atoms with Crippen molar-refractivity contribution in [2.45, 2.75) is 12.5 Å². The van der Waals surface area contributed by atoms with Crippen molar-refractivity contribution in [1.82, 2.24) is 4.98 Å². The zero-order valence-electron chi connectivity index (χ0n) is 13.1. The van der Waals surface area contributed by atoms with Crippen molar-refractivity contribution in [1.29, 1.82) is 0 Å². The van der Waals surface area contributed by atoms with Crippen LogP contribution in [0.3, 0.4) is 0 Å². The molecule has 2 heterocycles. The monoisotopic (exact) mass is 334 g/mol. The topological polar surface area (TPSA) is 81.4 Å². The zero-order chi connectivity index (χ0) is 17.2. The van der Waals surface area contributed by atoms with Gasteiger partial charge in [-0.3, -0.25) is 4.79 Å². The number of cyclic esters (lactones) is 1. The van der Waals surface area contributed by atoms with Crippen LogP contribution in [-0.2, 0) is 16.0 Å². The van der Waals surface area contributed by atoms with Crippen molar-refractivity contribution in [3.63, 3.8) is 0 Å². The molecule has 25 heavy (non-hydrogen) atoms. The van der Waals surface area contributed by atoms with E-state index in [1.807, 2.05) is 18.2 Å². The number of fused-ring (bicyclic) bond motifs is 1. The van der Waals surface area contributed by atoms with Crippen molar-refractivity contribution < 1.29 is 18.7 Å². The lowest BCUT2D eigenvalue weighted by Crippen LogP contribution is -2.37. The number of rotatable bonds is 3. The van der Waals surface area contributed by atoms with Crippen LogP contribution in [0, 0.1) is 0 Å². The Balaban J connectivity index is 1.52. The summed E-state index contributed by atoms with van der Waals surface area (Å²) in [6, 6.07) is 14.3. The summed E-state index contributed by atoms with van der Waals surface area (Å²) in [7, 11) is 0. The molecule has 124 valence electrons. The second-order valence-electron chi connectivity index (χ2n) is 5.69. The van der Waals surface area contributed by atoms with Gasteiger partial charge in [0.1, 0.15) is 0 Å². The third kappa shape index (κ3) is 3.01. The van der Waals surface area contributed by atoms with Gasteiger partial charge in [0.2, 0.25) is 0 Å². The van der Waals surface area contributed by atoms with E-state index in [4.69, 9.17) is 9.15 Å². The molecule has 0 saturated heterocycles. The minimum atomic E-state index is -0.851. The van der Waals surface area contributed by atoms with Crippen molar-refractivity contribution >= 4 is 17.6 Å². The fourth-order valence-electron chi connectivity index (χ4n) is 2.81. The smallest absolute Gasteiger partial charge is 0.339 e. The number of carbonyl (C=O) groups excluding carboxylic acids is 2. The Labute approximate surface area is 143 Å². The van der Waals surface area contributed by atoms with Crippen molar-refractivity contribution in [2.24, 2.45) is 0 Å². The molecule has 1 amide bonds. The normalized spacial score (nSPS) is 16.0. The van der Waals surface area contributed by atoms with E-state index in [0.29, 0.717) is 23.4 Å². The Kier molecular flexibility index (Phi) is 3.78. The molecule has 0 spiro atoms. The van der Waals surface area contributed by atoms with Gasteiger partial charge >= 0.3 is 5.97 Å². The van der Waals surface area contributed by atoms with Gasteiger partial charge < -0.3 is 14.5 Å². The number of aromatic nitrogens is 1. The summed E-state index contributed by atoms with van der Waals surface area (Å²) in [5.74, 6) is -0.232. The number of oxazole rings is 1. The van der Waals surface area contributed by atoms with Gasteiger partial charge in [0.25, 0.3) is 5.91 Å². The Morgan fingerprint density at radius 2 is 2.04 bits per heavy atom. The molecule has 0 radical (unpaired) electrons. The minimum Gasteiger partial charge on any atom is -0.448 e. The molecular weight excluding hydrogens is 320 g/mol. The van der Waals surface area contributed by atoms with Crippen molar-refractivity contribution in [2.75, 3.05) is 5.32 Å². The van der Waals surface area contributed by atoms with Gasteiger partial charge in [-0.05, 0) is 23.8 Å². The van der Waals surface area contributed by atoms with E-state index in [0.717, 1.165) is 11.1 Å². The second-order valence-corrected chi connectivity index (χ2v) is 5.69. The first-order valence-corrected chi connectivity index (χ1v) is 7.79. The van der Waals surface area contributed by atoms with Crippen LogP contribution in [0.5, 0.6) is 0 Å². The molecule has 0 fully saturated rings. The molecule has 4 rings (SSSR count). The summed E-state index contributed by atoms with van der Waals surface area (Å²) in [6.45, 7) is 0. The number of amides is 1. The van der Waals surface area contributed by atoms with Crippen LogP contribution in [0.4, 0.5) is 5.69 Å². The number of nitrogens with one attached hydrogen (secondary N) is 1. The van der Waals surface area contributed by atoms with E-state index in [-0.39, 0.29) is 5.91 Å². The van der Waals surface area contributed by atoms with E-state index in [1.165, 1.54) is 6.39 Å². The lowest BCUT2D eigenvalue weighted by atomic mass is 9.98. The molecule has 0 aliphatic carbocycles. The molecule has 3 aromatic rings. The van der Waals surface area contributed by atoms with Crippen molar-refractivity contribution in [3.05, 3.63) is 72.2 Å². The highest BCUT2D eigenvalue weighted by Gasteiger charge is 2.31. The number of hydrogen-bond donors (Lipinski definition) is 1. The fourth-order valence-corrected chi connectivity index (χ4v) is 2.81. The summed E-state index contributed by atoms with van der Waals surface area (Å²) in [5.41, 5.74) is 2.71. The van der Waals surface area contributed by atoms with Gasteiger partial charge in [0.15, 0.2) is 18.3 Å². The van der Waals surface area contributed by atoms with Crippen LogP contribution in [0.25, 0.3) is 11.3 Å². The zero-order valence-corrected chi connectivity index (χ0v) is 13.1. The lowest BCUT2D eigenvalue weighted by molar-refractivity contribution is -0.125. The SMILES string of the molecule is O=C1O[C@@H](C(=O)Nc2cccc(-c3cnco3)c2)Cc2ccccc21. The molecule has 6 heteroatoms. The van der Waals surface area contributed by atoms with Crippen LogP contribution in [0.2, 0.25) is 0 Å². The van der Waals surface area contributed by atoms with E-state index >= 15 is 0 Å². The number of esters is 1. The third-order valence-corrected chi connectivity index (χ3v) is 4.03. The van der Waals surface area contributed by atoms with E-state index in [9.17, 15) is 9.59 Å². The van der Waals surface area contributed by atoms with Crippen LogP contribution in [-0.4, -0.2) is 23.0 Å². The molecule has 1 aliphatic heterocycles. The Bertz CT molecular complexity index is 934. The van der Waals surface area contributed by atoms with Crippen LogP contribution >= 0.6 is 0 Å². The van der Waals surface area contributed by atoms with Gasteiger partial charge in [-0.15, -0.1) is 0 Å². The van der Waals surface area contributed by atoms with Gasteiger partial charge in [-0.25, -0.2) is 9.78 Å². The van der Waals surface area contributed by atoms with E-state index < -0.39 is 12.1 Å².